The van der Waals surface area contributed by atoms with Crippen LogP contribution < -0.4 is 21.1 Å². The van der Waals surface area contributed by atoms with Crippen molar-refractivity contribution in [3.05, 3.63) is 53.6 Å². The number of nitrogen functional groups attached to an aromatic ring is 1. The van der Waals surface area contributed by atoms with Crippen molar-refractivity contribution in [2.45, 2.75) is 39.8 Å². The molecule has 2 amide bonds. The Kier molecular flexibility index (Phi) is 5.68. The molecule has 1 atom stereocenters. The number of ether oxygens (including phenoxy) is 1. The molecular weight excluding hydrogens is 302 g/mol. The van der Waals surface area contributed by atoms with Gasteiger partial charge in [-0.25, -0.2) is 4.79 Å². The molecule has 0 aliphatic carbocycles. The van der Waals surface area contributed by atoms with Gasteiger partial charge in [-0.3, -0.25) is 0 Å². The van der Waals surface area contributed by atoms with Crippen LogP contribution in [0.2, 0.25) is 0 Å². The highest BCUT2D eigenvalue weighted by Gasteiger charge is 2.10. The first-order valence-corrected chi connectivity index (χ1v) is 8.05. The summed E-state index contributed by atoms with van der Waals surface area (Å²) in [5.74, 6) is 1.18. The van der Waals surface area contributed by atoms with Crippen molar-refractivity contribution in [3.63, 3.8) is 0 Å². The van der Waals surface area contributed by atoms with Gasteiger partial charge in [0.1, 0.15) is 5.75 Å². The van der Waals surface area contributed by atoms with Crippen LogP contribution in [0.1, 0.15) is 37.8 Å². The van der Waals surface area contributed by atoms with E-state index in [0.29, 0.717) is 23.0 Å². The summed E-state index contributed by atoms with van der Waals surface area (Å²) in [5, 5.41) is 5.45. The number of amides is 2. The maximum Gasteiger partial charge on any atom is 0.322 e. The van der Waals surface area contributed by atoms with E-state index in [9.17, 15) is 4.79 Å². The summed E-state index contributed by atoms with van der Waals surface area (Å²) in [7, 11) is 0. The number of carbonyl (C=O) groups is 1. The van der Waals surface area contributed by atoms with Crippen LogP contribution in [0.4, 0.5) is 16.2 Å². The minimum atomic E-state index is -0.471. The molecule has 5 nitrogen and oxygen atoms in total. The summed E-state index contributed by atoms with van der Waals surface area (Å²) in [6.07, 6.45) is -0.471. The number of nitrogens with two attached hydrogens (primary N) is 1. The number of hydrogen-bond acceptors (Lipinski definition) is 3. The molecule has 0 aliphatic rings. The van der Waals surface area contributed by atoms with Crippen molar-refractivity contribution < 1.29 is 9.53 Å². The molecule has 5 heteroatoms. The topological polar surface area (TPSA) is 76.4 Å². The van der Waals surface area contributed by atoms with E-state index in [2.05, 4.69) is 24.5 Å². The molecule has 0 saturated heterocycles. The average Bonchev–Trinajstić information content (AvgIpc) is 2.50. The molecular formula is C19H25N3O2. The monoisotopic (exact) mass is 327 g/mol. The van der Waals surface area contributed by atoms with Gasteiger partial charge in [0.05, 0.1) is 11.4 Å². The molecule has 0 fully saturated rings. The van der Waals surface area contributed by atoms with Crippen molar-refractivity contribution in [2.24, 2.45) is 0 Å². The fourth-order valence-electron chi connectivity index (χ4n) is 2.30. The predicted molar refractivity (Wildman–Crippen MR) is 98.4 cm³/mol. The Morgan fingerprint density at radius 2 is 1.75 bits per heavy atom. The van der Waals surface area contributed by atoms with Gasteiger partial charge in [0.15, 0.2) is 6.23 Å². The van der Waals surface area contributed by atoms with Gasteiger partial charge in [0, 0.05) is 0 Å². The van der Waals surface area contributed by atoms with Crippen molar-refractivity contribution in [3.8, 4) is 5.75 Å². The van der Waals surface area contributed by atoms with Crippen LogP contribution in [-0.4, -0.2) is 12.3 Å². The van der Waals surface area contributed by atoms with E-state index in [4.69, 9.17) is 10.5 Å². The molecule has 0 aromatic heterocycles. The number of anilines is 2. The van der Waals surface area contributed by atoms with Crippen LogP contribution in [0.3, 0.4) is 0 Å². The molecule has 0 saturated carbocycles. The molecule has 4 N–H and O–H groups in total. The molecule has 0 bridgehead atoms. The van der Waals surface area contributed by atoms with Crippen LogP contribution >= 0.6 is 0 Å². The van der Waals surface area contributed by atoms with Crippen molar-refractivity contribution >= 4 is 17.4 Å². The van der Waals surface area contributed by atoms with Gasteiger partial charge >= 0.3 is 6.03 Å². The Labute approximate surface area is 143 Å². The van der Waals surface area contributed by atoms with Gasteiger partial charge in [-0.1, -0.05) is 32.0 Å². The molecule has 0 spiro atoms. The van der Waals surface area contributed by atoms with Crippen LogP contribution in [0, 0.1) is 6.92 Å². The lowest BCUT2D eigenvalue weighted by Crippen LogP contribution is -2.39. The maximum absolute atomic E-state index is 12.0. The Morgan fingerprint density at radius 3 is 2.33 bits per heavy atom. The number of benzene rings is 2. The van der Waals surface area contributed by atoms with E-state index in [1.54, 1.807) is 13.0 Å². The quantitative estimate of drug-likeness (QED) is 0.567. The Morgan fingerprint density at radius 1 is 1.08 bits per heavy atom. The van der Waals surface area contributed by atoms with E-state index in [1.807, 2.05) is 43.3 Å². The third-order valence-corrected chi connectivity index (χ3v) is 3.65. The number of carbonyl (C=O) groups excluding carboxylic acids is 1. The molecule has 2 rings (SSSR count). The second-order valence-electron chi connectivity index (χ2n) is 6.17. The lowest BCUT2D eigenvalue weighted by molar-refractivity contribution is 0.183. The highest BCUT2D eigenvalue weighted by atomic mass is 16.5. The Hall–Kier alpha value is -2.69. The lowest BCUT2D eigenvalue weighted by Gasteiger charge is -2.18. The zero-order valence-electron chi connectivity index (χ0n) is 14.6. The normalized spacial score (nSPS) is 11.9. The van der Waals surface area contributed by atoms with E-state index in [0.717, 1.165) is 5.56 Å². The first kappa shape index (κ1) is 17.7. The summed E-state index contributed by atoms with van der Waals surface area (Å²) in [5.41, 5.74) is 9.28. The van der Waals surface area contributed by atoms with Gasteiger partial charge in [0.2, 0.25) is 0 Å². The van der Waals surface area contributed by atoms with Crippen LogP contribution in [0.15, 0.2) is 42.5 Å². The first-order chi connectivity index (χ1) is 11.3. The number of aryl methyl sites for hydroxylation is 1. The summed E-state index contributed by atoms with van der Waals surface area (Å²) >= 11 is 0. The molecule has 0 heterocycles. The zero-order chi connectivity index (χ0) is 17.7. The van der Waals surface area contributed by atoms with Gasteiger partial charge in [0.25, 0.3) is 0 Å². The van der Waals surface area contributed by atoms with Crippen LogP contribution in [0.5, 0.6) is 5.75 Å². The minimum absolute atomic E-state index is 0.364. The van der Waals surface area contributed by atoms with Gasteiger partial charge < -0.3 is 21.1 Å². The molecule has 2 aromatic carbocycles. The SMILES string of the molecule is Cc1ccc(NC(=O)NC(C)Oc2ccc(C(C)C)cc2)c(N)c1. The van der Waals surface area contributed by atoms with Crippen molar-refractivity contribution in [1.82, 2.24) is 5.32 Å². The average molecular weight is 327 g/mol. The highest BCUT2D eigenvalue weighted by molar-refractivity contribution is 5.92. The van der Waals surface area contributed by atoms with Crippen molar-refractivity contribution in [2.75, 3.05) is 11.1 Å². The molecule has 24 heavy (non-hydrogen) atoms. The highest BCUT2D eigenvalue weighted by Crippen LogP contribution is 2.20. The number of urea groups is 1. The van der Waals surface area contributed by atoms with Crippen LogP contribution in [-0.2, 0) is 0 Å². The molecule has 0 aliphatic heterocycles. The smallest absolute Gasteiger partial charge is 0.322 e. The molecule has 2 aromatic rings. The Bertz CT molecular complexity index is 696. The summed E-state index contributed by atoms with van der Waals surface area (Å²) < 4.78 is 5.70. The standard InChI is InChI=1S/C19H25N3O2/c1-12(2)15-6-8-16(9-7-15)24-14(4)21-19(23)22-18-10-5-13(3)11-17(18)20/h5-12,14H,20H2,1-4H3,(H2,21,22,23). The molecule has 1 unspecified atom stereocenters. The van der Waals surface area contributed by atoms with Gasteiger partial charge in [-0.15, -0.1) is 0 Å². The molecule has 128 valence electrons. The number of hydrogen-bond donors (Lipinski definition) is 3. The number of rotatable bonds is 5. The number of nitrogens with one attached hydrogen (secondary N) is 2. The van der Waals surface area contributed by atoms with E-state index in [-0.39, 0.29) is 6.03 Å². The summed E-state index contributed by atoms with van der Waals surface area (Å²) in [6.45, 7) is 8.00. The van der Waals surface area contributed by atoms with Gasteiger partial charge in [-0.05, 0) is 55.2 Å². The second-order valence-corrected chi connectivity index (χ2v) is 6.17. The third kappa shape index (κ3) is 4.91. The summed E-state index contributed by atoms with van der Waals surface area (Å²) in [6, 6.07) is 13.0. The lowest BCUT2D eigenvalue weighted by atomic mass is 10.0. The second kappa shape index (κ2) is 7.73. The van der Waals surface area contributed by atoms with Crippen molar-refractivity contribution in [1.29, 1.82) is 0 Å². The first-order valence-electron chi connectivity index (χ1n) is 8.05. The van der Waals surface area contributed by atoms with E-state index < -0.39 is 6.23 Å². The maximum atomic E-state index is 12.0. The third-order valence-electron chi connectivity index (χ3n) is 3.65. The molecule has 0 radical (unpaired) electrons. The predicted octanol–water partition coefficient (Wildman–Crippen LogP) is 4.25. The minimum Gasteiger partial charge on any atom is -0.471 e. The van der Waals surface area contributed by atoms with E-state index >= 15 is 0 Å². The fourth-order valence-corrected chi connectivity index (χ4v) is 2.30. The van der Waals surface area contributed by atoms with E-state index in [1.165, 1.54) is 5.56 Å². The largest absolute Gasteiger partial charge is 0.471 e. The fraction of sp³-hybridized carbons (Fsp3) is 0.316. The Balaban J connectivity index is 1.89. The van der Waals surface area contributed by atoms with Crippen LogP contribution in [0.25, 0.3) is 0 Å². The summed E-state index contributed by atoms with van der Waals surface area (Å²) in [4.78, 5) is 12.0. The zero-order valence-corrected chi connectivity index (χ0v) is 14.6. The van der Waals surface area contributed by atoms with Gasteiger partial charge in [-0.2, -0.15) is 0 Å².